The van der Waals surface area contributed by atoms with E-state index in [9.17, 15) is 4.79 Å². The first-order chi connectivity index (χ1) is 8.85. The lowest BCUT2D eigenvalue weighted by atomic mass is 9.84. The van der Waals surface area contributed by atoms with Crippen LogP contribution in [-0.2, 0) is 14.3 Å². The van der Waals surface area contributed by atoms with Crippen molar-refractivity contribution in [3.05, 3.63) is 0 Å². The average molecular weight is 271 g/mol. The van der Waals surface area contributed by atoms with E-state index in [1.54, 1.807) is 0 Å². The summed E-state index contributed by atoms with van der Waals surface area (Å²) >= 11 is 0. The number of esters is 1. The van der Waals surface area contributed by atoms with Crippen LogP contribution in [0.4, 0.5) is 0 Å². The smallest absolute Gasteiger partial charge is 0.326 e. The fraction of sp³-hybridized carbons (Fsp3) is 0.933. The van der Waals surface area contributed by atoms with Crippen LogP contribution in [0.2, 0.25) is 0 Å². The SMILES string of the molecule is CCNC1(C(=O)OC)CCCC1CCOC(C)(C)C. The summed E-state index contributed by atoms with van der Waals surface area (Å²) in [6.07, 6.45) is 3.91. The van der Waals surface area contributed by atoms with Crippen LogP contribution in [-0.4, -0.2) is 37.4 Å². The maximum absolute atomic E-state index is 12.2. The minimum absolute atomic E-state index is 0.118. The molecule has 112 valence electrons. The quantitative estimate of drug-likeness (QED) is 0.754. The standard InChI is InChI=1S/C15H29NO3/c1-6-16-15(13(17)18-5)10-7-8-12(15)9-11-19-14(2,3)4/h12,16H,6-11H2,1-5H3. The number of hydrogen-bond donors (Lipinski definition) is 1. The topological polar surface area (TPSA) is 47.6 Å². The number of methoxy groups -OCH3 is 1. The Labute approximate surface area is 117 Å². The van der Waals surface area contributed by atoms with Gasteiger partial charge in [-0.1, -0.05) is 13.3 Å². The minimum Gasteiger partial charge on any atom is -0.468 e. The molecular weight excluding hydrogens is 242 g/mol. The maximum Gasteiger partial charge on any atom is 0.326 e. The third-order valence-corrected chi connectivity index (χ3v) is 3.86. The first-order valence-corrected chi connectivity index (χ1v) is 7.33. The van der Waals surface area contributed by atoms with E-state index in [2.05, 4.69) is 26.1 Å². The number of ether oxygens (including phenoxy) is 2. The summed E-state index contributed by atoms with van der Waals surface area (Å²) in [6, 6.07) is 0. The van der Waals surface area contributed by atoms with E-state index in [4.69, 9.17) is 9.47 Å². The van der Waals surface area contributed by atoms with Crippen molar-refractivity contribution in [1.29, 1.82) is 0 Å². The van der Waals surface area contributed by atoms with Gasteiger partial charge in [-0.3, -0.25) is 4.79 Å². The van der Waals surface area contributed by atoms with Crippen molar-refractivity contribution in [1.82, 2.24) is 5.32 Å². The largest absolute Gasteiger partial charge is 0.468 e. The fourth-order valence-corrected chi connectivity index (χ4v) is 3.05. The number of carbonyl (C=O) groups is 1. The molecule has 1 rings (SSSR count). The monoisotopic (exact) mass is 271 g/mol. The van der Waals surface area contributed by atoms with Gasteiger partial charge >= 0.3 is 5.97 Å². The van der Waals surface area contributed by atoms with Gasteiger partial charge in [0.15, 0.2) is 0 Å². The first kappa shape index (κ1) is 16.4. The molecule has 0 aromatic carbocycles. The summed E-state index contributed by atoms with van der Waals surface area (Å²) in [6.45, 7) is 9.67. The molecule has 4 nitrogen and oxygen atoms in total. The zero-order valence-electron chi connectivity index (χ0n) is 13.0. The Morgan fingerprint density at radius 3 is 2.63 bits per heavy atom. The van der Waals surface area contributed by atoms with E-state index in [1.807, 2.05) is 6.92 Å². The lowest BCUT2D eigenvalue weighted by molar-refractivity contribution is -0.150. The Balaban J connectivity index is 2.66. The highest BCUT2D eigenvalue weighted by Crippen LogP contribution is 2.39. The van der Waals surface area contributed by atoms with Crippen molar-refractivity contribution in [3.63, 3.8) is 0 Å². The molecule has 2 atom stereocenters. The van der Waals surface area contributed by atoms with Gasteiger partial charge in [0, 0.05) is 6.61 Å². The molecule has 0 aliphatic heterocycles. The third kappa shape index (κ3) is 4.18. The highest BCUT2D eigenvalue weighted by atomic mass is 16.5. The van der Waals surface area contributed by atoms with E-state index < -0.39 is 5.54 Å². The Bertz CT molecular complexity index is 298. The Morgan fingerprint density at radius 1 is 1.42 bits per heavy atom. The van der Waals surface area contributed by atoms with E-state index in [1.165, 1.54) is 7.11 Å². The van der Waals surface area contributed by atoms with Crippen LogP contribution in [0.25, 0.3) is 0 Å². The molecule has 0 saturated heterocycles. The van der Waals surface area contributed by atoms with Gasteiger partial charge in [0.05, 0.1) is 12.7 Å². The molecule has 0 aromatic heterocycles. The van der Waals surface area contributed by atoms with Crippen molar-refractivity contribution in [2.24, 2.45) is 5.92 Å². The van der Waals surface area contributed by atoms with Gasteiger partial charge in [0.25, 0.3) is 0 Å². The highest BCUT2D eigenvalue weighted by molar-refractivity contribution is 5.81. The first-order valence-electron chi connectivity index (χ1n) is 7.33. The molecular formula is C15H29NO3. The van der Waals surface area contributed by atoms with Gasteiger partial charge in [-0.15, -0.1) is 0 Å². The molecule has 1 aliphatic rings. The molecule has 4 heteroatoms. The van der Waals surface area contributed by atoms with Crippen molar-refractivity contribution >= 4 is 5.97 Å². The van der Waals surface area contributed by atoms with E-state index in [0.29, 0.717) is 12.5 Å². The summed E-state index contributed by atoms with van der Waals surface area (Å²) < 4.78 is 10.8. The Hall–Kier alpha value is -0.610. The van der Waals surface area contributed by atoms with Gasteiger partial charge in [-0.25, -0.2) is 0 Å². The van der Waals surface area contributed by atoms with Crippen molar-refractivity contribution < 1.29 is 14.3 Å². The second kappa shape index (κ2) is 6.71. The molecule has 0 amide bonds. The van der Waals surface area contributed by atoms with Crippen LogP contribution in [0.15, 0.2) is 0 Å². The van der Waals surface area contributed by atoms with Gasteiger partial charge < -0.3 is 14.8 Å². The predicted octanol–water partition coefficient (Wildman–Crippen LogP) is 2.51. The Morgan fingerprint density at radius 2 is 2.11 bits per heavy atom. The molecule has 19 heavy (non-hydrogen) atoms. The molecule has 1 aliphatic carbocycles. The van der Waals surface area contributed by atoms with E-state index in [0.717, 1.165) is 32.2 Å². The molecule has 0 aromatic rings. The molecule has 0 heterocycles. The summed E-state index contributed by atoms with van der Waals surface area (Å²) in [7, 11) is 1.47. The van der Waals surface area contributed by atoms with Gasteiger partial charge in [0.1, 0.15) is 5.54 Å². The number of carbonyl (C=O) groups excluding carboxylic acids is 1. The Kier molecular flexibility index (Phi) is 5.81. The highest BCUT2D eigenvalue weighted by Gasteiger charge is 2.49. The molecule has 1 fully saturated rings. The van der Waals surface area contributed by atoms with Crippen molar-refractivity contribution in [2.45, 2.75) is 64.5 Å². The number of nitrogens with one attached hydrogen (secondary N) is 1. The summed E-state index contributed by atoms with van der Waals surface area (Å²) in [5.41, 5.74) is -0.616. The predicted molar refractivity (Wildman–Crippen MR) is 76.1 cm³/mol. The van der Waals surface area contributed by atoms with Crippen LogP contribution >= 0.6 is 0 Å². The van der Waals surface area contributed by atoms with Crippen LogP contribution in [0, 0.1) is 5.92 Å². The number of likely N-dealkylation sites (N-methyl/N-ethyl adjacent to an activating group) is 1. The van der Waals surface area contributed by atoms with E-state index >= 15 is 0 Å². The van der Waals surface area contributed by atoms with Crippen LogP contribution in [0.1, 0.15) is 53.4 Å². The molecule has 0 spiro atoms. The summed E-state index contributed by atoms with van der Waals surface area (Å²) in [5.74, 6) is 0.190. The number of rotatable bonds is 6. The fourth-order valence-electron chi connectivity index (χ4n) is 3.05. The molecule has 1 saturated carbocycles. The van der Waals surface area contributed by atoms with Gasteiger partial charge in [-0.05, 0) is 52.5 Å². The lowest BCUT2D eigenvalue weighted by Gasteiger charge is -2.34. The van der Waals surface area contributed by atoms with Crippen molar-refractivity contribution in [2.75, 3.05) is 20.3 Å². The molecule has 0 bridgehead atoms. The number of hydrogen-bond acceptors (Lipinski definition) is 4. The third-order valence-electron chi connectivity index (χ3n) is 3.86. The lowest BCUT2D eigenvalue weighted by Crippen LogP contribution is -2.55. The second-order valence-corrected chi connectivity index (χ2v) is 6.33. The van der Waals surface area contributed by atoms with Crippen LogP contribution in [0.5, 0.6) is 0 Å². The van der Waals surface area contributed by atoms with Crippen LogP contribution < -0.4 is 5.32 Å². The second-order valence-electron chi connectivity index (χ2n) is 6.33. The van der Waals surface area contributed by atoms with Gasteiger partial charge in [-0.2, -0.15) is 0 Å². The summed E-state index contributed by atoms with van der Waals surface area (Å²) in [4.78, 5) is 12.2. The van der Waals surface area contributed by atoms with E-state index in [-0.39, 0.29) is 11.6 Å². The summed E-state index contributed by atoms with van der Waals surface area (Å²) in [5, 5.41) is 3.38. The minimum atomic E-state index is -0.495. The zero-order chi connectivity index (χ0) is 14.5. The zero-order valence-corrected chi connectivity index (χ0v) is 13.0. The van der Waals surface area contributed by atoms with Gasteiger partial charge in [0.2, 0.25) is 0 Å². The van der Waals surface area contributed by atoms with Crippen molar-refractivity contribution in [3.8, 4) is 0 Å². The molecule has 0 radical (unpaired) electrons. The molecule has 1 N–H and O–H groups in total. The van der Waals surface area contributed by atoms with Crippen LogP contribution in [0.3, 0.4) is 0 Å². The average Bonchev–Trinajstić information content (AvgIpc) is 2.71. The normalized spacial score (nSPS) is 27.5. The molecule has 2 unspecified atom stereocenters. The maximum atomic E-state index is 12.2.